The number of aliphatic hydroxyl groups excluding tert-OH is 2. The number of rotatable bonds is 5. The number of carbonyl (C=O) groups is 3. The SMILES string of the molecule is CC1(C(=O)OC2CC3C4OC4C(C2)[N+]3(C)C)c2ccccc2-c2ccccc21.O=C(O)[C@H](O)[C@@H](O)C(=O)O. The Morgan fingerprint density at radius 3 is 1.71 bits per heavy atom. The van der Waals surface area contributed by atoms with Crippen molar-refractivity contribution in [1.82, 2.24) is 0 Å². The molecule has 2 bridgehead atoms. The Morgan fingerprint density at radius 2 is 1.29 bits per heavy atom. The monoisotopic (exact) mass is 526 g/mol. The molecule has 4 unspecified atom stereocenters. The van der Waals surface area contributed by atoms with Crippen molar-refractivity contribution in [1.29, 1.82) is 0 Å². The topological polar surface area (TPSA) is 154 Å². The number of nitrogens with zero attached hydrogens (tertiary/aromatic N) is 1. The van der Waals surface area contributed by atoms with Crippen molar-refractivity contribution in [3.63, 3.8) is 0 Å². The number of fused-ring (bicyclic) bond motifs is 8. The average molecular weight is 527 g/mol. The van der Waals surface area contributed by atoms with Crippen LogP contribution in [0, 0.1) is 0 Å². The Hall–Kier alpha value is -3.31. The lowest BCUT2D eigenvalue weighted by molar-refractivity contribution is -0.938. The van der Waals surface area contributed by atoms with Gasteiger partial charge >= 0.3 is 17.9 Å². The first-order valence-corrected chi connectivity index (χ1v) is 12.6. The lowest BCUT2D eigenvalue weighted by Crippen LogP contribution is -2.60. The molecule has 38 heavy (non-hydrogen) atoms. The van der Waals surface area contributed by atoms with Crippen LogP contribution in [-0.2, 0) is 29.3 Å². The number of esters is 1. The number of morpholine rings is 1. The Bertz CT molecular complexity index is 1210. The highest BCUT2D eigenvalue weighted by Crippen LogP contribution is 2.53. The summed E-state index contributed by atoms with van der Waals surface area (Å²) in [6.45, 7) is 2.03. The van der Waals surface area contributed by atoms with E-state index in [1.807, 2.05) is 31.2 Å². The number of benzene rings is 2. The van der Waals surface area contributed by atoms with Gasteiger partial charge in [-0.2, -0.15) is 0 Å². The third-order valence-electron chi connectivity index (χ3n) is 8.75. The van der Waals surface area contributed by atoms with Crippen molar-refractivity contribution in [3.8, 4) is 11.1 Å². The van der Waals surface area contributed by atoms with E-state index in [2.05, 4.69) is 38.4 Å². The van der Waals surface area contributed by atoms with Crippen molar-refractivity contribution in [2.45, 2.75) is 67.8 Å². The predicted molar refractivity (Wildman–Crippen MR) is 133 cm³/mol. The van der Waals surface area contributed by atoms with Gasteiger partial charge in [0, 0.05) is 12.8 Å². The minimum Gasteiger partial charge on any atom is -0.479 e. The molecule has 0 aromatic heterocycles. The second-order valence-electron chi connectivity index (χ2n) is 11.1. The maximum atomic E-state index is 13.6. The maximum Gasteiger partial charge on any atom is 0.335 e. The fraction of sp³-hybridized carbons (Fsp3) is 0.464. The average Bonchev–Trinajstić information content (AvgIpc) is 3.61. The number of aliphatic hydroxyl groups is 2. The summed E-state index contributed by atoms with van der Waals surface area (Å²) >= 11 is 0. The lowest BCUT2D eigenvalue weighted by Gasteiger charge is -2.45. The Labute approximate surface area is 219 Å². The van der Waals surface area contributed by atoms with Gasteiger partial charge in [-0.25, -0.2) is 9.59 Å². The molecule has 6 atom stereocenters. The predicted octanol–water partition coefficient (Wildman–Crippen LogP) is 1.15. The fourth-order valence-corrected chi connectivity index (χ4v) is 6.51. The van der Waals surface area contributed by atoms with Crippen LogP contribution in [0.1, 0.15) is 30.9 Å². The van der Waals surface area contributed by atoms with Gasteiger partial charge in [-0.3, -0.25) is 4.79 Å². The summed E-state index contributed by atoms with van der Waals surface area (Å²) in [5, 5.41) is 32.5. The van der Waals surface area contributed by atoms with Gasteiger partial charge in [-0.15, -0.1) is 0 Å². The molecule has 202 valence electrons. The van der Waals surface area contributed by atoms with Crippen molar-refractivity contribution >= 4 is 17.9 Å². The molecule has 3 heterocycles. The number of epoxide rings is 1. The molecule has 2 aromatic carbocycles. The van der Waals surface area contributed by atoms with Crippen LogP contribution in [0.15, 0.2) is 48.5 Å². The molecule has 1 aliphatic carbocycles. The standard InChI is InChI=1S/C24H26NO3.C4H6O6/c1-24(17-10-6-4-8-15(17)16-9-5-7-11-18(16)24)23(26)27-14-12-19-21-22(28-21)20(13-14)25(19,2)3;5-1(3(7)8)2(6)4(9)10/h4-11,14,19-22H,12-13H2,1-3H3;1-2,5-6H,(H,7,8)(H,9,10)/q+1;/t;1-,2-/m.1/s1. The van der Waals surface area contributed by atoms with E-state index in [4.69, 9.17) is 29.9 Å². The number of ether oxygens (including phenoxy) is 2. The van der Waals surface area contributed by atoms with Crippen LogP contribution < -0.4 is 0 Å². The Kier molecular flexibility index (Phi) is 6.34. The van der Waals surface area contributed by atoms with Crippen molar-refractivity contribution < 1.29 is 48.8 Å². The van der Waals surface area contributed by atoms with Crippen molar-refractivity contribution in [2.75, 3.05) is 14.1 Å². The maximum absolute atomic E-state index is 13.6. The second-order valence-corrected chi connectivity index (χ2v) is 11.1. The summed E-state index contributed by atoms with van der Waals surface area (Å²) in [7, 11) is 4.60. The molecule has 0 amide bonds. The zero-order valence-corrected chi connectivity index (χ0v) is 21.4. The van der Waals surface area contributed by atoms with Crippen LogP contribution in [0.5, 0.6) is 0 Å². The van der Waals surface area contributed by atoms with Gasteiger partial charge in [-0.05, 0) is 29.2 Å². The van der Waals surface area contributed by atoms with Crippen LogP contribution in [0.2, 0.25) is 0 Å². The van der Waals surface area contributed by atoms with E-state index < -0.39 is 29.6 Å². The van der Waals surface area contributed by atoms with Gasteiger partial charge < -0.3 is 34.4 Å². The highest BCUT2D eigenvalue weighted by Gasteiger charge is 2.71. The molecule has 6 rings (SSSR count). The first-order valence-electron chi connectivity index (χ1n) is 12.6. The number of quaternary nitrogens is 1. The molecule has 10 nitrogen and oxygen atoms in total. The number of hydrogen-bond acceptors (Lipinski definition) is 7. The molecule has 3 saturated heterocycles. The molecule has 3 fully saturated rings. The van der Waals surface area contributed by atoms with E-state index >= 15 is 0 Å². The fourth-order valence-electron chi connectivity index (χ4n) is 6.51. The number of hydrogen-bond donors (Lipinski definition) is 4. The van der Waals surface area contributed by atoms with Crippen LogP contribution in [-0.4, -0.2) is 99.5 Å². The van der Waals surface area contributed by atoms with E-state index in [1.165, 1.54) is 0 Å². The van der Waals surface area contributed by atoms with Crippen LogP contribution >= 0.6 is 0 Å². The summed E-state index contributed by atoms with van der Waals surface area (Å²) < 4.78 is 13.1. The molecule has 3 aliphatic heterocycles. The Balaban J connectivity index is 0.000000253. The molecule has 0 radical (unpaired) electrons. The van der Waals surface area contributed by atoms with Gasteiger partial charge in [0.1, 0.15) is 35.8 Å². The molecular formula is C28H32NO9+. The van der Waals surface area contributed by atoms with Gasteiger partial charge in [0.2, 0.25) is 0 Å². The van der Waals surface area contributed by atoms with Gasteiger partial charge in [0.05, 0.1) is 14.1 Å². The molecule has 0 saturated carbocycles. The van der Waals surface area contributed by atoms with Crippen molar-refractivity contribution in [2.24, 2.45) is 0 Å². The minimum atomic E-state index is -2.27. The largest absolute Gasteiger partial charge is 0.479 e. The highest BCUT2D eigenvalue weighted by molar-refractivity contribution is 5.97. The van der Waals surface area contributed by atoms with E-state index in [-0.39, 0.29) is 12.1 Å². The second kappa shape index (κ2) is 9.16. The van der Waals surface area contributed by atoms with Gasteiger partial charge in [-0.1, -0.05) is 48.5 Å². The van der Waals surface area contributed by atoms with Crippen LogP contribution in [0.3, 0.4) is 0 Å². The number of aliphatic carboxylic acids is 2. The molecule has 4 aliphatic rings. The number of likely N-dealkylation sites (N-methyl/N-ethyl adjacent to an activating group) is 1. The van der Waals surface area contributed by atoms with E-state index in [0.29, 0.717) is 24.3 Å². The third kappa shape index (κ3) is 3.99. The van der Waals surface area contributed by atoms with E-state index in [9.17, 15) is 14.4 Å². The summed E-state index contributed by atoms with van der Waals surface area (Å²) in [5.74, 6) is -3.65. The van der Waals surface area contributed by atoms with E-state index in [1.54, 1.807) is 0 Å². The number of carboxylic acid groups (broad SMARTS) is 2. The summed E-state index contributed by atoms with van der Waals surface area (Å²) in [6.07, 6.45) is -2.01. The summed E-state index contributed by atoms with van der Waals surface area (Å²) in [4.78, 5) is 33.1. The first-order chi connectivity index (χ1) is 17.9. The minimum absolute atomic E-state index is 0.0122. The van der Waals surface area contributed by atoms with Crippen molar-refractivity contribution in [3.05, 3.63) is 59.7 Å². The van der Waals surface area contributed by atoms with Gasteiger partial charge in [0.15, 0.2) is 12.2 Å². The molecule has 0 spiro atoms. The normalized spacial score (nSPS) is 29.9. The third-order valence-corrected chi connectivity index (χ3v) is 8.75. The summed E-state index contributed by atoms with van der Waals surface area (Å²) in [6, 6.07) is 17.4. The number of carboxylic acids is 2. The smallest absolute Gasteiger partial charge is 0.335 e. The van der Waals surface area contributed by atoms with Crippen LogP contribution in [0.4, 0.5) is 0 Å². The quantitative estimate of drug-likeness (QED) is 0.255. The van der Waals surface area contributed by atoms with Gasteiger partial charge in [0.25, 0.3) is 0 Å². The number of piperidine rings is 1. The number of carbonyl (C=O) groups excluding carboxylic acids is 1. The highest BCUT2D eigenvalue weighted by atomic mass is 16.6. The first kappa shape index (κ1) is 26.3. The zero-order chi connectivity index (χ0) is 27.6. The lowest BCUT2D eigenvalue weighted by atomic mass is 9.80. The van der Waals surface area contributed by atoms with Crippen LogP contribution in [0.25, 0.3) is 11.1 Å². The molecule has 4 N–H and O–H groups in total. The van der Waals surface area contributed by atoms with E-state index in [0.717, 1.165) is 39.6 Å². The zero-order valence-electron chi connectivity index (χ0n) is 21.4. The summed E-state index contributed by atoms with van der Waals surface area (Å²) in [5.41, 5.74) is 3.67. The Morgan fingerprint density at radius 1 is 0.868 bits per heavy atom. The molecule has 10 heteroatoms. The molecular weight excluding hydrogens is 494 g/mol. The molecule has 2 aromatic rings.